The highest BCUT2D eigenvalue weighted by Gasteiger charge is 2.17. The fourth-order valence-corrected chi connectivity index (χ4v) is 2.99. The van der Waals surface area contributed by atoms with Gasteiger partial charge >= 0.3 is 0 Å². The highest BCUT2D eigenvalue weighted by atomic mass is 16.5. The fraction of sp³-hybridized carbons (Fsp3) is 0.632. The minimum absolute atomic E-state index is 0.0563. The number of benzene rings is 1. The molecule has 0 aromatic heterocycles. The molecule has 1 aromatic rings. The number of amides is 1. The molecule has 1 N–H and O–H groups in total. The zero-order valence-electron chi connectivity index (χ0n) is 15.3. The molecule has 0 unspecified atom stereocenters. The highest BCUT2D eigenvalue weighted by Crippen LogP contribution is 2.12. The zero-order chi connectivity index (χ0) is 17.4. The van der Waals surface area contributed by atoms with E-state index in [0.29, 0.717) is 12.5 Å². The summed E-state index contributed by atoms with van der Waals surface area (Å²) in [6.07, 6.45) is 0. The molecular formula is C19H31N3O2. The van der Waals surface area contributed by atoms with Gasteiger partial charge in [-0.15, -0.1) is 0 Å². The van der Waals surface area contributed by atoms with E-state index < -0.39 is 0 Å². The predicted molar refractivity (Wildman–Crippen MR) is 97.4 cm³/mol. The summed E-state index contributed by atoms with van der Waals surface area (Å²) in [4.78, 5) is 16.9. The smallest absolute Gasteiger partial charge is 0.257 e. The van der Waals surface area contributed by atoms with Gasteiger partial charge in [-0.1, -0.05) is 26.0 Å². The van der Waals surface area contributed by atoms with E-state index in [9.17, 15) is 4.79 Å². The number of likely N-dealkylation sites (N-methyl/N-ethyl adjacent to an activating group) is 1. The molecule has 1 heterocycles. The quantitative estimate of drug-likeness (QED) is 0.787. The van der Waals surface area contributed by atoms with E-state index in [2.05, 4.69) is 29.0 Å². The molecule has 5 nitrogen and oxygen atoms in total. The van der Waals surface area contributed by atoms with Crippen LogP contribution >= 0.6 is 0 Å². The van der Waals surface area contributed by atoms with Crippen LogP contribution in [0, 0.1) is 12.8 Å². The average Bonchev–Trinajstić information content (AvgIpc) is 2.59. The van der Waals surface area contributed by atoms with E-state index in [1.807, 2.05) is 31.2 Å². The number of ether oxygens (including phenoxy) is 1. The number of aryl methyl sites for hydroxylation is 1. The Morgan fingerprint density at radius 3 is 2.62 bits per heavy atom. The standard InChI is InChI=1S/C19H31N3O2/c1-4-21-8-10-22(11-9-21)14-17(3)13-20-19(23)15-24-18-7-5-6-16(2)12-18/h5-7,12,17H,4,8-11,13-15H2,1-3H3,(H,20,23)/t17-/m1/s1. The van der Waals surface area contributed by atoms with Crippen molar-refractivity contribution in [1.82, 2.24) is 15.1 Å². The number of nitrogens with one attached hydrogen (secondary N) is 1. The number of rotatable bonds is 8. The Morgan fingerprint density at radius 1 is 1.25 bits per heavy atom. The first-order chi connectivity index (χ1) is 11.6. The number of hydrogen-bond acceptors (Lipinski definition) is 4. The van der Waals surface area contributed by atoms with Gasteiger partial charge in [0.15, 0.2) is 6.61 Å². The molecule has 1 fully saturated rings. The maximum absolute atomic E-state index is 11.9. The number of carbonyl (C=O) groups excluding carboxylic acids is 1. The third-order valence-corrected chi connectivity index (χ3v) is 4.49. The van der Waals surface area contributed by atoms with Gasteiger partial charge in [-0.2, -0.15) is 0 Å². The third-order valence-electron chi connectivity index (χ3n) is 4.49. The average molecular weight is 333 g/mol. The van der Waals surface area contributed by atoms with Gasteiger partial charge in [0.25, 0.3) is 5.91 Å². The lowest BCUT2D eigenvalue weighted by Crippen LogP contribution is -2.48. The second kappa shape index (κ2) is 9.64. The van der Waals surface area contributed by atoms with Gasteiger partial charge in [-0.25, -0.2) is 0 Å². The van der Waals surface area contributed by atoms with Gasteiger partial charge < -0.3 is 19.9 Å². The Kier molecular flexibility index (Phi) is 7.53. The van der Waals surface area contributed by atoms with Gasteiger partial charge in [0.05, 0.1) is 0 Å². The molecule has 0 spiro atoms. The molecule has 0 aliphatic carbocycles. The van der Waals surface area contributed by atoms with Crippen molar-refractivity contribution >= 4 is 5.91 Å². The van der Waals surface area contributed by atoms with Gasteiger partial charge in [-0.05, 0) is 37.1 Å². The molecule has 1 saturated heterocycles. The number of hydrogen-bond donors (Lipinski definition) is 1. The van der Waals surface area contributed by atoms with Crippen molar-refractivity contribution in [3.63, 3.8) is 0 Å². The normalized spacial score (nSPS) is 17.5. The molecule has 1 atom stereocenters. The minimum atomic E-state index is -0.0563. The molecule has 1 amide bonds. The summed E-state index contributed by atoms with van der Waals surface area (Å²) in [5, 5.41) is 2.98. The lowest BCUT2D eigenvalue weighted by atomic mass is 10.1. The zero-order valence-corrected chi connectivity index (χ0v) is 15.3. The van der Waals surface area contributed by atoms with Crippen LogP contribution in [0.3, 0.4) is 0 Å². The van der Waals surface area contributed by atoms with Crippen molar-refractivity contribution in [3.8, 4) is 5.75 Å². The van der Waals surface area contributed by atoms with Crippen LogP contribution in [0.25, 0.3) is 0 Å². The van der Waals surface area contributed by atoms with Crippen molar-refractivity contribution < 1.29 is 9.53 Å². The van der Waals surface area contributed by atoms with Crippen molar-refractivity contribution in [1.29, 1.82) is 0 Å². The van der Waals surface area contributed by atoms with Crippen LogP contribution in [0.5, 0.6) is 5.75 Å². The van der Waals surface area contributed by atoms with Crippen LogP contribution in [0.4, 0.5) is 0 Å². The Hall–Kier alpha value is -1.59. The molecule has 1 aliphatic rings. The number of carbonyl (C=O) groups is 1. The molecule has 134 valence electrons. The Bertz CT molecular complexity index is 513. The third kappa shape index (κ3) is 6.49. The SMILES string of the molecule is CCN1CCN(C[C@H](C)CNC(=O)COc2cccc(C)c2)CC1. The maximum atomic E-state index is 11.9. The first-order valence-electron chi connectivity index (χ1n) is 8.97. The summed E-state index contributed by atoms with van der Waals surface area (Å²) in [6.45, 7) is 13.9. The molecule has 0 radical (unpaired) electrons. The second-order valence-electron chi connectivity index (χ2n) is 6.75. The van der Waals surface area contributed by atoms with Crippen LogP contribution in [0.1, 0.15) is 19.4 Å². The summed E-state index contributed by atoms with van der Waals surface area (Å²) in [7, 11) is 0. The van der Waals surface area contributed by atoms with Crippen LogP contribution in [-0.4, -0.2) is 68.1 Å². The first-order valence-corrected chi connectivity index (χ1v) is 8.97. The lowest BCUT2D eigenvalue weighted by Gasteiger charge is -2.35. The molecule has 2 rings (SSSR count). The van der Waals surface area contributed by atoms with Crippen molar-refractivity contribution in [2.45, 2.75) is 20.8 Å². The number of piperazine rings is 1. The molecule has 0 bridgehead atoms. The minimum Gasteiger partial charge on any atom is -0.484 e. The summed E-state index contributed by atoms with van der Waals surface area (Å²) >= 11 is 0. The predicted octanol–water partition coefficient (Wildman–Crippen LogP) is 1.76. The van der Waals surface area contributed by atoms with Crippen LogP contribution in [0.2, 0.25) is 0 Å². The largest absolute Gasteiger partial charge is 0.484 e. The van der Waals surface area contributed by atoms with E-state index in [4.69, 9.17) is 4.74 Å². The number of nitrogens with zero attached hydrogens (tertiary/aromatic N) is 2. The molecule has 0 saturated carbocycles. The summed E-state index contributed by atoms with van der Waals surface area (Å²) in [6, 6.07) is 7.75. The van der Waals surface area contributed by atoms with Gasteiger partial charge in [0.2, 0.25) is 0 Å². The first kappa shape index (κ1) is 18.7. The van der Waals surface area contributed by atoms with Crippen molar-refractivity contribution in [2.24, 2.45) is 5.92 Å². The van der Waals surface area contributed by atoms with Crippen LogP contribution in [0.15, 0.2) is 24.3 Å². The highest BCUT2D eigenvalue weighted by molar-refractivity contribution is 5.77. The summed E-state index contributed by atoms with van der Waals surface area (Å²) in [5.74, 6) is 1.13. The van der Waals surface area contributed by atoms with E-state index >= 15 is 0 Å². The van der Waals surface area contributed by atoms with Gasteiger partial charge in [-0.3, -0.25) is 4.79 Å². The van der Waals surface area contributed by atoms with Crippen molar-refractivity contribution in [3.05, 3.63) is 29.8 Å². The Balaban J connectivity index is 1.61. The molecule has 1 aliphatic heterocycles. The fourth-order valence-electron chi connectivity index (χ4n) is 2.99. The monoisotopic (exact) mass is 333 g/mol. The van der Waals surface area contributed by atoms with Gasteiger partial charge in [0.1, 0.15) is 5.75 Å². The Morgan fingerprint density at radius 2 is 1.96 bits per heavy atom. The lowest BCUT2D eigenvalue weighted by molar-refractivity contribution is -0.123. The van der Waals surface area contributed by atoms with E-state index in [-0.39, 0.29) is 12.5 Å². The summed E-state index contributed by atoms with van der Waals surface area (Å²) < 4.78 is 5.53. The topological polar surface area (TPSA) is 44.8 Å². The molecular weight excluding hydrogens is 302 g/mol. The Labute approximate surface area is 146 Å². The second-order valence-corrected chi connectivity index (χ2v) is 6.75. The molecule has 24 heavy (non-hydrogen) atoms. The van der Waals surface area contributed by atoms with Crippen LogP contribution < -0.4 is 10.1 Å². The van der Waals surface area contributed by atoms with E-state index in [0.717, 1.165) is 50.6 Å². The van der Waals surface area contributed by atoms with Crippen LogP contribution in [-0.2, 0) is 4.79 Å². The van der Waals surface area contributed by atoms with E-state index in [1.54, 1.807) is 0 Å². The maximum Gasteiger partial charge on any atom is 0.257 e. The molecule has 5 heteroatoms. The van der Waals surface area contributed by atoms with E-state index in [1.165, 1.54) is 0 Å². The summed E-state index contributed by atoms with van der Waals surface area (Å²) in [5.41, 5.74) is 1.13. The molecule has 1 aromatic carbocycles. The van der Waals surface area contributed by atoms with Gasteiger partial charge in [0, 0.05) is 39.3 Å². The van der Waals surface area contributed by atoms with Crippen molar-refractivity contribution in [2.75, 3.05) is 52.4 Å².